The van der Waals surface area contributed by atoms with Crippen LogP contribution in [0.3, 0.4) is 0 Å². The third kappa shape index (κ3) is 6.94. The van der Waals surface area contributed by atoms with Crippen LogP contribution in [0, 0.1) is 11.8 Å². The largest absolute Gasteiger partial charge is 0.356 e. The first-order chi connectivity index (χ1) is 11.2. The van der Waals surface area contributed by atoms with Crippen LogP contribution >= 0.6 is 24.0 Å². The van der Waals surface area contributed by atoms with E-state index in [1.165, 1.54) is 44.9 Å². The van der Waals surface area contributed by atoms with Crippen LogP contribution in [0.4, 0.5) is 0 Å². The van der Waals surface area contributed by atoms with E-state index in [0.717, 1.165) is 30.2 Å². The maximum atomic E-state index is 4.29. The van der Waals surface area contributed by atoms with Crippen molar-refractivity contribution in [1.82, 2.24) is 25.4 Å². The minimum atomic E-state index is 0. The van der Waals surface area contributed by atoms with Crippen molar-refractivity contribution < 1.29 is 0 Å². The van der Waals surface area contributed by atoms with Crippen LogP contribution in [0.25, 0.3) is 0 Å². The molecule has 7 heteroatoms. The summed E-state index contributed by atoms with van der Waals surface area (Å²) in [7, 11) is 3.71. The van der Waals surface area contributed by atoms with E-state index < -0.39 is 0 Å². The SMILES string of the molecule is CCCCC1CCC(CNC(=NC)NCc2ncnn2C)CC1.I. The lowest BCUT2D eigenvalue weighted by Gasteiger charge is -2.29. The highest BCUT2D eigenvalue weighted by Gasteiger charge is 2.20. The Kier molecular flexibility index (Phi) is 10.3. The van der Waals surface area contributed by atoms with Crippen LogP contribution in [0.15, 0.2) is 11.3 Å². The van der Waals surface area contributed by atoms with E-state index >= 15 is 0 Å². The van der Waals surface area contributed by atoms with E-state index in [1.807, 2.05) is 14.1 Å². The van der Waals surface area contributed by atoms with Crippen LogP contribution in [0.1, 0.15) is 57.7 Å². The number of aryl methyl sites for hydroxylation is 1. The molecule has 0 aliphatic heterocycles. The van der Waals surface area contributed by atoms with Gasteiger partial charge in [0.2, 0.25) is 0 Å². The summed E-state index contributed by atoms with van der Waals surface area (Å²) >= 11 is 0. The topological polar surface area (TPSA) is 67.1 Å². The quantitative estimate of drug-likeness (QED) is 0.382. The molecule has 1 aromatic heterocycles. The third-order valence-electron chi connectivity index (χ3n) is 4.93. The summed E-state index contributed by atoms with van der Waals surface area (Å²) in [4.78, 5) is 8.51. The van der Waals surface area contributed by atoms with Gasteiger partial charge in [-0.05, 0) is 24.7 Å². The Morgan fingerprint density at radius 3 is 2.54 bits per heavy atom. The number of hydrogen-bond acceptors (Lipinski definition) is 3. The van der Waals surface area contributed by atoms with E-state index in [0.29, 0.717) is 6.54 Å². The van der Waals surface area contributed by atoms with E-state index in [9.17, 15) is 0 Å². The number of halogens is 1. The number of rotatable bonds is 7. The number of nitrogens with one attached hydrogen (secondary N) is 2. The molecule has 0 amide bonds. The first kappa shape index (κ1) is 21.2. The molecule has 0 bridgehead atoms. The fourth-order valence-electron chi connectivity index (χ4n) is 3.32. The van der Waals surface area contributed by atoms with Gasteiger partial charge in [-0.1, -0.05) is 39.0 Å². The number of nitrogens with zero attached hydrogens (tertiary/aromatic N) is 4. The molecule has 2 rings (SSSR count). The van der Waals surface area contributed by atoms with Gasteiger partial charge in [0, 0.05) is 20.6 Å². The average Bonchev–Trinajstić information content (AvgIpc) is 2.99. The lowest BCUT2D eigenvalue weighted by molar-refractivity contribution is 0.259. The average molecular weight is 448 g/mol. The van der Waals surface area contributed by atoms with Gasteiger partial charge in [-0.3, -0.25) is 9.67 Å². The molecule has 1 saturated carbocycles. The zero-order valence-corrected chi connectivity index (χ0v) is 17.6. The summed E-state index contributed by atoms with van der Waals surface area (Å²) in [6, 6.07) is 0. The van der Waals surface area contributed by atoms with Gasteiger partial charge in [0.25, 0.3) is 0 Å². The zero-order chi connectivity index (χ0) is 16.5. The molecule has 0 atom stereocenters. The van der Waals surface area contributed by atoms with Crippen molar-refractivity contribution >= 4 is 29.9 Å². The fraction of sp³-hybridized carbons (Fsp3) is 0.824. The first-order valence-corrected chi connectivity index (χ1v) is 9.00. The molecule has 0 saturated heterocycles. The standard InChI is InChI=1S/C17H32N6.HI/c1-4-5-6-14-7-9-15(10-8-14)11-19-17(18-2)20-12-16-21-13-22-23(16)3;/h13-15H,4-12H2,1-3H3,(H2,18,19,20);1H. The molecule has 24 heavy (non-hydrogen) atoms. The van der Waals surface area contributed by atoms with E-state index in [1.54, 1.807) is 11.0 Å². The number of aromatic nitrogens is 3. The molecular weight excluding hydrogens is 415 g/mol. The number of hydrogen-bond donors (Lipinski definition) is 2. The summed E-state index contributed by atoms with van der Waals surface area (Å²) in [6.07, 6.45) is 11.2. The van der Waals surface area contributed by atoms with Crippen molar-refractivity contribution in [1.29, 1.82) is 0 Å². The second kappa shape index (κ2) is 11.7. The zero-order valence-electron chi connectivity index (χ0n) is 15.3. The van der Waals surface area contributed by atoms with Crippen molar-refractivity contribution in [2.24, 2.45) is 23.9 Å². The lowest BCUT2D eigenvalue weighted by Crippen LogP contribution is -2.40. The Morgan fingerprint density at radius 2 is 1.96 bits per heavy atom. The predicted molar refractivity (Wildman–Crippen MR) is 110 cm³/mol. The van der Waals surface area contributed by atoms with Gasteiger partial charge in [-0.15, -0.1) is 24.0 Å². The monoisotopic (exact) mass is 448 g/mol. The van der Waals surface area contributed by atoms with Crippen LogP contribution < -0.4 is 10.6 Å². The maximum absolute atomic E-state index is 4.29. The molecule has 1 aliphatic rings. The van der Waals surface area contributed by atoms with Gasteiger partial charge in [0.1, 0.15) is 12.2 Å². The number of unbranched alkanes of at least 4 members (excludes halogenated alkanes) is 1. The lowest BCUT2D eigenvalue weighted by atomic mass is 9.80. The second-order valence-corrected chi connectivity index (χ2v) is 6.64. The minimum absolute atomic E-state index is 0. The van der Waals surface area contributed by atoms with Crippen LogP contribution in [0.2, 0.25) is 0 Å². The molecule has 2 N–H and O–H groups in total. The van der Waals surface area contributed by atoms with Crippen molar-refractivity contribution in [2.75, 3.05) is 13.6 Å². The van der Waals surface area contributed by atoms with Gasteiger partial charge in [-0.25, -0.2) is 4.98 Å². The van der Waals surface area contributed by atoms with Crippen LogP contribution in [0.5, 0.6) is 0 Å². The summed E-state index contributed by atoms with van der Waals surface area (Å²) in [5.74, 6) is 3.51. The highest BCUT2D eigenvalue weighted by Crippen LogP contribution is 2.31. The summed E-state index contributed by atoms with van der Waals surface area (Å²) in [5.41, 5.74) is 0. The molecule has 138 valence electrons. The predicted octanol–water partition coefficient (Wildman–Crippen LogP) is 3.09. The highest BCUT2D eigenvalue weighted by molar-refractivity contribution is 14.0. The van der Waals surface area contributed by atoms with Gasteiger partial charge in [0.15, 0.2) is 5.96 Å². The molecule has 1 aliphatic carbocycles. The Bertz CT molecular complexity index is 479. The van der Waals surface area contributed by atoms with Gasteiger partial charge in [-0.2, -0.15) is 5.10 Å². The Hall–Kier alpha value is -0.860. The molecule has 0 spiro atoms. The normalized spacial score (nSPS) is 21.2. The summed E-state index contributed by atoms with van der Waals surface area (Å²) < 4.78 is 1.78. The van der Waals surface area contributed by atoms with Crippen molar-refractivity contribution in [3.63, 3.8) is 0 Å². The van der Waals surface area contributed by atoms with Crippen molar-refractivity contribution in [3.05, 3.63) is 12.2 Å². The summed E-state index contributed by atoms with van der Waals surface area (Å²) in [5, 5.41) is 10.8. The molecule has 0 radical (unpaired) electrons. The van der Waals surface area contributed by atoms with Gasteiger partial charge in [0.05, 0.1) is 6.54 Å². The smallest absolute Gasteiger partial charge is 0.191 e. The maximum Gasteiger partial charge on any atom is 0.191 e. The van der Waals surface area contributed by atoms with E-state index in [4.69, 9.17) is 0 Å². The minimum Gasteiger partial charge on any atom is -0.356 e. The molecule has 1 heterocycles. The van der Waals surface area contributed by atoms with Crippen LogP contribution in [-0.2, 0) is 13.6 Å². The molecule has 6 nitrogen and oxygen atoms in total. The molecule has 1 fully saturated rings. The number of aliphatic imine (C=N–C) groups is 1. The Balaban J connectivity index is 0.00000288. The molecular formula is C17H33IN6. The first-order valence-electron chi connectivity index (χ1n) is 9.00. The highest BCUT2D eigenvalue weighted by atomic mass is 127. The number of guanidine groups is 1. The molecule has 1 aromatic rings. The molecule has 0 aromatic carbocycles. The molecule has 0 unspecified atom stereocenters. The third-order valence-corrected chi connectivity index (χ3v) is 4.93. The summed E-state index contributed by atoms with van der Waals surface area (Å²) in [6.45, 7) is 3.94. The van der Waals surface area contributed by atoms with Gasteiger partial charge >= 0.3 is 0 Å². The van der Waals surface area contributed by atoms with Crippen LogP contribution in [-0.4, -0.2) is 34.3 Å². The Labute approximate surface area is 163 Å². The fourth-order valence-corrected chi connectivity index (χ4v) is 3.32. The van der Waals surface area contributed by atoms with Gasteiger partial charge < -0.3 is 10.6 Å². The second-order valence-electron chi connectivity index (χ2n) is 6.64. The van der Waals surface area contributed by atoms with E-state index in [-0.39, 0.29) is 24.0 Å². The van der Waals surface area contributed by atoms with Crippen molar-refractivity contribution in [2.45, 2.75) is 58.4 Å². The van der Waals surface area contributed by atoms with Crippen molar-refractivity contribution in [3.8, 4) is 0 Å². The van der Waals surface area contributed by atoms with E-state index in [2.05, 4.69) is 32.6 Å². The Morgan fingerprint density at radius 1 is 1.25 bits per heavy atom.